The van der Waals surface area contributed by atoms with Crippen LogP contribution in [0.5, 0.6) is 0 Å². The molecule has 0 heterocycles. The maximum absolute atomic E-state index is 10.9. The molecule has 0 aromatic heterocycles. The SMILES string of the molecule is C=CNC(CCCP(=O)(O)O)P(=O)(O)O.N. The van der Waals surface area contributed by atoms with Gasteiger partial charge in [-0.15, -0.1) is 0 Å². The van der Waals surface area contributed by atoms with Gasteiger partial charge in [0, 0.05) is 6.16 Å². The topological polar surface area (TPSA) is 162 Å². The Morgan fingerprint density at radius 2 is 1.75 bits per heavy atom. The smallest absolute Gasteiger partial charge is 0.347 e. The summed E-state index contributed by atoms with van der Waals surface area (Å²) in [5.41, 5.74) is 0. The Hall–Kier alpha value is -0.200. The fourth-order valence-electron chi connectivity index (χ4n) is 0.975. The molecule has 16 heavy (non-hydrogen) atoms. The Labute approximate surface area is 93.7 Å². The molecule has 0 saturated carbocycles. The summed E-state index contributed by atoms with van der Waals surface area (Å²) in [7, 11) is -8.41. The van der Waals surface area contributed by atoms with E-state index in [-0.39, 0.29) is 25.2 Å². The third-order valence-electron chi connectivity index (χ3n) is 1.64. The zero-order valence-corrected chi connectivity index (χ0v) is 10.5. The second-order valence-electron chi connectivity index (χ2n) is 3.01. The molecule has 0 radical (unpaired) electrons. The molecule has 0 fully saturated rings. The Kier molecular flexibility index (Phi) is 8.17. The van der Waals surface area contributed by atoms with Crippen LogP contribution >= 0.6 is 15.2 Å². The lowest BCUT2D eigenvalue weighted by molar-refractivity contribution is 0.343. The largest absolute Gasteiger partial charge is 0.378 e. The molecule has 0 aromatic carbocycles. The standard InChI is InChI=1S/C6H15NO6P2.H3N/c1-2-7-6(15(11,12)13)4-3-5-14(8,9)10;/h2,6-7H,1,3-5H2,(H2,8,9,10)(H2,11,12,13);1H3. The Balaban J connectivity index is 0. The molecular formula is C6H18N2O6P2. The highest BCUT2D eigenvalue weighted by Crippen LogP contribution is 2.43. The molecule has 0 aromatic rings. The molecular weight excluding hydrogens is 258 g/mol. The van der Waals surface area contributed by atoms with Gasteiger partial charge < -0.3 is 31.0 Å². The van der Waals surface area contributed by atoms with Gasteiger partial charge in [-0.05, 0) is 19.0 Å². The molecule has 1 unspecified atom stereocenters. The van der Waals surface area contributed by atoms with E-state index in [4.69, 9.17) is 19.6 Å². The van der Waals surface area contributed by atoms with Crippen LogP contribution in [0.15, 0.2) is 12.8 Å². The van der Waals surface area contributed by atoms with Gasteiger partial charge in [-0.25, -0.2) is 0 Å². The molecule has 10 heteroatoms. The summed E-state index contributed by atoms with van der Waals surface area (Å²) in [5.74, 6) is -1.14. The van der Waals surface area contributed by atoms with Crippen LogP contribution in [0.4, 0.5) is 0 Å². The predicted molar refractivity (Wildman–Crippen MR) is 60.3 cm³/mol. The van der Waals surface area contributed by atoms with Crippen LogP contribution in [0.2, 0.25) is 0 Å². The zero-order valence-electron chi connectivity index (χ0n) is 8.69. The van der Waals surface area contributed by atoms with E-state index in [9.17, 15) is 9.13 Å². The van der Waals surface area contributed by atoms with Gasteiger partial charge in [-0.1, -0.05) is 6.58 Å². The highest BCUT2D eigenvalue weighted by atomic mass is 31.2. The number of nitrogens with one attached hydrogen (secondary N) is 1. The summed E-state index contributed by atoms with van der Waals surface area (Å²) in [6.07, 6.45) is 0.756. The van der Waals surface area contributed by atoms with Crippen LogP contribution in [0, 0.1) is 0 Å². The van der Waals surface area contributed by atoms with Gasteiger partial charge in [0.05, 0.1) is 0 Å². The number of hydrogen-bond acceptors (Lipinski definition) is 4. The molecule has 0 spiro atoms. The average Bonchev–Trinajstić information content (AvgIpc) is 1.98. The number of hydrogen-bond donors (Lipinski definition) is 6. The van der Waals surface area contributed by atoms with Crippen molar-refractivity contribution in [2.45, 2.75) is 18.6 Å². The molecule has 0 aliphatic heterocycles. The highest BCUT2D eigenvalue weighted by molar-refractivity contribution is 7.52. The van der Waals surface area contributed by atoms with E-state index >= 15 is 0 Å². The molecule has 0 amide bonds. The minimum absolute atomic E-state index is 0. The normalized spacial score (nSPS) is 13.8. The Morgan fingerprint density at radius 1 is 1.25 bits per heavy atom. The Morgan fingerprint density at radius 3 is 2.06 bits per heavy atom. The van der Waals surface area contributed by atoms with Crippen molar-refractivity contribution >= 4 is 15.2 Å². The van der Waals surface area contributed by atoms with Crippen molar-refractivity contribution in [2.24, 2.45) is 0 Å². The summed E-state index contributed by atoms with van der Waals surface area (Å²) in [5, 5.41) is 2.36. The van der Waals surface area contributed by atoms with Gasteiger partial charge in [0.15, 0.2) is 0 Å². The van der Waals surface area contributed by atoms with Crippen LogP contribution in [-0.2, 0) is 9.13 Å². The first kappa shape index (κ1) is 18.2. The molecule has 0 rings (SSSR count). The quantitative estimate of drug-likeness (QED) is 0.362. The van der Waals surface area contributed by atoms with Crippen molar-refractivity contribution in [3.63, 3.8) is 0 Å². The first-order chi connectivity index (χ1) is 6.67. The third kappa shape index (κ3) is 9.06. The van der Waals surface area contributed by atoms with Crippen LogP contribution < -0.4 is 11.5 Å². The molecule has 8 N–H and O–H groups in total. The summed E-state index contributed by atoms with van der Waals surface area (Å²) >= 11 is 0. The summed E-state index contributed by atoms with van der Waals surface area (Å²) < 4.78 is 21.3. The van der Waals surface area contributed by atoms with Crippen LogP contribution in [-0.4, -0.2) is 31.5 Å². The van der Waals surface area contributed by atoms with Crippen molar-refractivity contribution in [3.8, 4) is 0 Å². The fourth-order valence-corrected chi connectivity index (χ4v) is 2.39. The molecule has 0 aliphatic rings. The van der Waals surface area contributed by atoms with E-state index in [1.54, 1.807) is 0 Å². The van der Waals surface area contributed by atoms with E-state index < -0.39 is 21.0 Å². The lowest BCUT2D eigenvalue weighted by atomic mass is 10.3. The van der Waals surface area contributed by atoms with Gasteiger partial charge in [0.1, 0.15) is 5.78 Å². The van der Waals surface area contributed by atoms with Crippen molar-refractivity contribution in [1.82, 2.24) is 11.5 Å². The van der Waals surface area contributed by atoms with Crippen LogP contribution in [0.3, 0.4) is 0 Å². The van der Waals surface area contributed by atoms with Crippen molar-refractivity contribution in [2.75, 3.05) is 6.16 Å². The first-order valence-electron chi connectivity index (χ1n) is 4.13. The second kappa shape index (κ2) is 7.19. The van der Waals surface area contributed by atoms with Gasteiger partial charge >= 0.3 is 15.2 Å². The van der Waals surface area contributed by atoms with E-state index in [0.29, 0.717) is 0 Å². The monoisotopic (exact) mass is 276 g/mol. The molecule has 1 atom stereocenters. The maximum Gasteiger partial charge on any atom is 0.347 e. The molecule has 98 valence electrons. The highest BCUT2D eigenvalue weighted by Gasteiger charge is 2.27. The van der Waals surface area contributed by atoms with Crippen LogP contribution in [0.25, 0.3) is 0 Å². The fraction of sp³-hybridized carbons (Fsp3) is 0.667. The van der Waals surface area contributed by atoms with E-state index in [1.807, 2.05) is 0 Å². The first-order valence-corrected chi connectivity index (χ1v) is 7.61. The van der Waals surface area contributed by atoms with E-state index in [0.717, 1.165) is 6.20 Å². The van der Waals surface area contributed by atoms with Gasteiger partial charge in [-0.2, -0.15) is 0 Å². The second-order valence-corrected chi connectivity index (χ2v) is 6.58. The predicted octanol–water partition coefficient (Wildman–Crippen LogP) is 0.343. The maximum atomic E-state index is 10.9. The van der Waals surface area contributed by atoms with E-state index in [1.165, 1.54) is 0 Å². The minimum atomic E-state index is -4.31. The molecule has 0 bridgehead atoms. The lowest BCUT2D eigenvalue weighted by Crippen LogP contribution is -2.24. The third-order valence-corrected chi connectivity index (χ3v) is 3.76. The molecule has 8 nitrogen and oxygen atoms in total. The molecule has 0 saturated heterocycles. The summed E-state index contributed by atoms with van der Waals surface area (Å²) in [6, 6.07) is 0. The van der Waals surface area contributed by atoms with Gasteiger partial charge in [0.2, 0.25) is 0 Å². The van der Waals surface area contributed by atoms with Gasteiger partial charge in [0.25, 0.3) is 0 Å². The lowest BCUT2D eigenvalue weighted by Gasteiger charge is -2.18. The van der Waals surface area contributed by atoms with Crippen LogP contribution in [0.1, 0.15) is 12.8 Å². The zero-order chi connectivity index (χ0) is 12.1. The minimum Gasteiger partial charge on any atom is -0.378 e. The van der Waals surface area contributed by atoms with Gasteiger partial charge in [-0.3, -0.25) is 9.13 Å². The van der Waals surface area contributed by atoms with Crippen molar-refractivity contribution in [1.29, 1.82) is 0 Å². The summed E-state index contributed by atoms with van der Waals surface area (Å²) in [6.45, 7) is 3.26. The number of rotatable bonds is 7. The van der Waals surface area contributed by atoms with Crippen molar-refractivity contribution in [3.05, 3.63) is 12.8 Å². The molecule has 0 aliphatic carbocycles. The Bertz CT molecular complexity index is 297. The van der Waals surface area contributed by atoms with E-state index in [2.05, 4.69) is 11.9 Å². The average molecular weight is 276 g/mol. The summed E-state index contributed by atoms with van der Waals surface area (Å²) in [4.78, 5) is 34.8. The van der Waals surface area contributed by atoms with Crippen molar-refractivity contribution < 1.29 is 28.7 Å².